The van der Waals surface area contributed by atoms with Gasteiger partial charge in [0.05, 0.1) is 11.4 Å². The van der Waals surface area contributed by atoms with Crippen LogP contribution in [0.15, 0.2) is 18.2 Å². The Hall–Kier alpha value is -1.71. The third-order valence-electron chi connectivity index (χ3n) is 2.35. The van der Waals surface area contributed by atoms with Gasteiger partial charge in [0.1, 0.15) is 0 Å². The first kappa shape index (κ1) is 11.4. The zero-order valence-electron chi connectivity index (χ0n) is 9.08. The maximum absolute atomic E-state index is 11.0. The molecule has 5 N–H and O–H groups in total. The second kappa shape index (κ2) is 4.68. The number of anilines is 2. The van der Waals surface area contributed by atoms with Crippen molar-refractivity contribution in [3.8, 4) is 0 Å². The lowest BCUT2D eigenvalue weighted by Gasteiger charge is -2.15. The lowest BCUT2D eigenvalue weighted by atomic mass is 10.1. The van der Waals surface area contributed by atoms with Crippen LogP contribution >= 0.6 is 0 Å². The molecule has 1 unspecified atom stereocenters. The molecule has 0 saturated heterocycles. The number of amides is 1. The van der Waals surface area contributed by atoms with Crippen molar-refractivity contribution in [1.82, 2.24) is 0 Å². The number of nitrogens with two attached hydrogens (primary N) is 2. The van der Waals surface area contributed by atoms with E-state index < -0.39 is 5.91 Å². The first-order valence-corrected chi connectivity index (χ1v) is 5.00. The third-order valence-corrected chi connectivity index (χ3v) is 2.35. The Labute approximate surface area is 89.6 Å². The Morgan fingerprint density at radius 2 is 2.20 bits per heavy atom. The van der Waals surface area contributed by atoms with Crippen LogP contribution in [0.25, 0.3) is 0 Å². The molecule has 1 atom stereocenters. The van der Waals surface area contributed by atoms with Crippen molar-refractivity contribution in [1.29, 1.82) is 0 Å². The second-order valence-electron chi connectivity index (χ2n) is 3.62. The van der Waals surface area contributed by atoms with Gasteiger partial charge < -0.3 is 16.8 Å². The quantitative estimate of drug-likeness (QED) is 0.655. The number of hydrogen-bond acceptors (Lipinski definition) is 3. The highest BCUT2D eigenvalue weighted by Gasteiger charge is 2.06. The van der Waals surface area contributed by atoms with Gasteiger partial charge in [-0.1, -0.05) is 6.92 Å². The number of benzene rings is 1. The van der Waals surface area contributed by atoms with Gasteiger partial charge in [-0.25, -0.2) is 0 Å². The molecular formula is C11H17N3O. The molecule has 4 heteroatoms. The molecule has 15 heavy (non-hydrogen) atoms. The first-order valence-electron chi connectivity index (χ1n) is 5.00. The van der Waals surface area contributed by atoms with Crippen LogP contribution < -0.4 is 16.8 Å². The summed E-state index contributed by atoms with van der Waals surface area (Å²) in [6, 6.07) is 5.31. The topological polar surface area (TPSA) is 81.1 Å². The lowest BCUT2D eigenvalue weighted by Crippen LogP contribution is -2.16. The molecule has 4 nitrogen and oxygen atoms in total. The lowest BCUT2D eigenvalue weighted by molar-refractivity contribution is 0.100. The number of hydrogen-bond donors (Lipinski definition) is 3. The molecule has 0 saturated carbocycles. The normalized spacial score (nSPS) is 12.1. The summed E-state index contributed by atoms with van der Waals surface area (Å²) in [5, 5.41) is 3.22. The van der Waals surface area contributed by atoms with Crippen LogP contribution in [-0.2, 0) is 0 Å². The Morgan fingerprint density at radius 3 is 2.73 bits per heavy atom. The zero-order chi connectivity index (χ0) is 11.4. The second-order valence-corrected chi connectivity index (χ2v) is 3.62. The maximum atomic E-state index is 11.0. The fraction of sp³-hybridized carbons (Fsp3) is 0.364. The van der Waals surface area contributed by atoms with Gasteiger partial charge in [-0.2, -0.15) is 0 Å². The van der Waals surface area contributed by atoms with Gasteiger partial charge in [0.2, 0.25) is 5.91 Å². The molecule has 0 aromatic heterocycles. The molecule has 1 amide bonds. The van der Waals surface area contributed by atoms with Gasteiger partial charge in [-0.3, -0.25) is 4.79 Å². The average molecular weight is 207 g/mol. The molecular weight excluding hydrogens is 190 g/mol. The highest BCUT2D eigenvalue weighted by atomic mass is 16.1. The Kier molecular flexibility index (Phi) is 3.55. The Morgan fingerprint density at radius 1 is 1.53 bits per heavy atom. The molecule has 0 aliphatic carbocycles. The molecule has 1 aromatic rings. The third kappa shape index (κ3) is 2.87. The van der Waals surface area contributed by atoms with Crippen LogP contribution in [0.3, 0.4) is 0 Å². The number of nitrogen functional groups attached to an aromatic ring is 1. The van der Waals surface area contributed by atoms with E-state index in [1.165, 1.54) is 0 Å². The molecule has 0 bridgehead atoms. The van der Waals surface area contributed by atoms with Crippen molar-refractivity contribution in [3.05, 3.63) is 23.8 Å². The molecule has 0 spiro atoms. The van der Waals surface area contributed by atoms with Gasteiger partial charge >= 0.3 is 0 Å². The van der Waals surface area contributed by atoms with E-state index in [0.717, 1.165) is 12.1 Å². The van der Waals surface area contributed by atoms with Crippen LogP contribution in [0.5, 0.6) is 0 Å². The van der Waals surface area contributed by atoms with Crippen LogP contribution in [0, 0.1) is 0 Å². The summed E-state index contributed by atoms with van der Waals surface area (Å²) in [6.07, 6.45) is 0.986. The SMILES string of the molecule is CCC(C)Nc1cc(C(N)=O)ccc1N. The summed E-state index contributed by atoms with van der Waals surface area (Å²) in [5.41, 5.74) is 12.8. The van der Waals surface area contributed by atoms with Crippen LogP contribution in [-0.4, -0.2) is 11.9 Å². The number of carbonyl (C=O) groups excluding carboxylic acids is 1. The van der Waals surface area contributed by atoms with E-state index in [4.69, 9.17) is 11.5 Å². The molecule has 0 heterocycles. The molecule has 0 radical (unpaired) electrons. The predicted molar refractivity (Wildman–Crippen MR) is 62.7 cm³/mol. The number of carbonyl (C=O) groups is 1. The minimum atomic E-state index is -0.442. The fourth-order valence-corrected chi connectivity index (χ4v) is 1.20. The number of nitrogens with one attached hydrogen (secondary N) is 1. The summed E-state index contributed by atoms with van der Waals surface area (Å²) in [4.78, 5) is 11.0. The van der Waals surface area contributed by atoms with E-state index in [0.29, 0.717) is 17.3 Å². The van der Waals surface area contributed by atoms with Crippen molar-refractivity contribution in [2.75, 3.05) is 11.1 Å². The number of rotatable bonds is 4. The van der Waals surface area contributed by atoms with Gasteiger partial charge in [-0.15, -0.1) is 0 Å². The summed E-state index contributed by atoms with van der Waals surface area (Å²) in [5.74, 6) is -0.442. The van der Waals surface area contributed by atoms with Crippen LogP contribution in [0.1, 0.15) is 30.6 Å². The minimum absolute atomic E-state index is 0.315. The monoisotopic (exact) mass is 207 g/mol. The fourth-order valence-electron chi connectivity index (χ4n) is 1.20. The van der Waals surface area contributed by atoms with Gasteiger partial charge in [0.15, 0.2) is 0 Å². The van der Waals surface area contributed by atoms with Crippen LogP contribution in [0.4, 0.5) is 11.4 Å². The minimum Gasteiger partial charge on any atom is -0.397 e. The largest absolute Gasteiger partial charge is 0.397 e. The summed E-state index contributed by atoms with van der Waals surface area (Å²) in [6.45, 7) is 4.13. The van der Waals surface area contributed by atoms with Crippen molar-refractivity contribution >= 4 is 17.3 Å². The molecule has 0 aliphatic rings. The molecule has 1 rings (SSSR count). The van der Waals surface area contributed by atoms with E-state index >= 15 is 0 Å². The van der Waals surface area contributed by atoms with Crippen LogP contribution in [0.2, 0.25) is 0 Å². The number of primary amides is 1. The van der Waals surface area contributed by atoms with Crippen molar-refractivity contribution in [3.63, 3.8) is 0 Å². The predicted octanol–water partition coefficient (Wildman–Crippen LogP) is 1.58. The van der Waals surface area contributed by atoms with Crippen molar-refractivity contribution < 1.29 is 4.79 Å². The zero-order valence-corrected chi connectivity index (χ0v) is 9.08. The standard InChI is InChI=1S/C11H17N3O/c1-3-7(2)14-10-6-8(11(13)15)4-5-9(10)12/h4-7,14H,3,12H2,1-2H3,(H2,13,15). The summed E-state index contributed by atoms with van der Waals surface area (Å²) in [7, 11) is 0. The average Bonchev–Trinajstić information content (AvgIpc) is 2.20. The van der Waals surface area contributed by atoms with Crippen molar-refractivity contribution in [2.24, 2.45) is 5.73 Å². The van der Waals surface area contributed by atoms with E-state index in [-0.39, 0.29) is 0 Å². The summed E-state index contributed by atoms with van der Waals surface area (Å²) < 4.78 is 0. The van der Waals surface area contributed by atoms with E-state index in [9.17, 15) is 4.79 Å². The van der Waals surface area contributed by atoms with E-state index in [2.05, 4.69) is 19.2 Å². The Bertz CT molecular complexity index is 363. The molecule has 0 aliphatic heterocycles. The molecule has 82 valence electrons. The first-order chi connectivity index (χ1) is 7.04. The highest BCUT2D eigenvalue weighted by Crippen LogP contribution is 2.21. The smallest absolute Gasteiger partial charge is 0.248 e. The molecule has 1 aromatic carbocycles. The van der Waals surface area contributed by atoms with Gasteiger partial charge in [-0.05, 0) is 31.5 Å². The van der Waals surface area contributed by atoms with Gasteiger partial charge in [0.25, 0.3) is 0 Å². The molecule has 0 fully saturated rings. The maximum Gasteiger partial charge on any atom is 0.248 e. The summed E-state index contributed by atoms with van der Waals surface area (Å²) >= 11 is 0. The highest BCUT2D eigenvalue weighted by molar-refractivity contribution is 5.94. The Balaban J connectivity index is 2.95. The van der Waals surface area contributed by atoms with Gasteiger partial charge in [0, 0.05) is 11.6 Å². The van der Waals surface area contributed by atoms with E-state index in [1.807, 2.05) is 0 Å². The van der Waals surface area contributed by atoms with Crippen molar-refractivity contribution in [2.45, 2.75) is 26.3 Å². The van der Waals surface area contributed by atoms with E-state index in [1.54, 1.807) is 18.2 Å².